The van der Waals surface area contributed by atoms with Crippen molar-refractivity contribution in [3.05, 3.63) is 23.3 Å². The van der Waals surface area contributed by atoms with E-state index in [4.69, 9.17) is 14.2 Å². The van der Waals surface area contributed by atoms with Gasteiger partial charge in [-0.05, 0) is 69.7 Å². The first-order chi connectivity index (χ1) is 14.8. The summed E-state index contributed by atoms with van der Waals surface area (Å²) in [7, 11) is 5.82. The van der Waals surface area contributed by atoms with Crippen molar-refractivity contribution in [1.29, 1.82) is 0 Å². The number of hydrogen-bond donors (Lipinski definition) is 1. The molecule has 5 heteroatoms. The molecule has 2 heterocycles. The molecule has 2 fully saturated rings. The van der Waals surface area contributed by atoms with E-state index < -0.39 is 5.60 Å². The normalized spacial score (nSPS) is 40.1. The molecule has 0 radical (unpaired) electrons. The number of rotatable bonds is 6. The SMILES string of the molecule is CCC[C@](C)(O)[C@@H]1C[C@@]2(CC)[C@@H]3Cc4ccc(OC)c5c4[C@]2(CCN3C)[C@H](O5)C1OC. The van der Waals surface area contributed by atoms with Crippen LogP contribution in [0.2, 0.25) is 0 Å². The fourth-order valence-corrected chi connectivity index (χ4v) is 8.38. The van der Waals surface area contributed by atoms with Crippen molar-refractivity contribution < 1.29 is 19.3 Å². The van der Waals surface area contributed by atoms with Gasteiger partial charge in [0.2, 0.25) is 0 Å². The quantitative estimate of drug-likeness (QED) is 0.742. The van der Waals surface area contributed by atoms with Crippen LogP contribution in [-0.4, -0.2) is 61.7 Å². The molecule has 2 aliphatic heterocycles. The van der Waals surface area contributed by atoms with E-state index in [1.165, 1.54) is 11.1 Å². The van der Waals surface area contributed by atoms with Gasteiger partial charge in [-0.3, -0.25) is 0 Å². The van der Waals surface area contributed by atoms with Gasteiger partial charge in [-0.15, -0.1) is 0 Å². The Morgan fingerprint density at radius 1 is 1.29 bits per heavy atom. The lowest BCUT2D eigenvalue weighted by atomic mass is 9.40. The lowest BCUT2D eigenvalue weighted by molar-refractivity contribution is -0.219. The highest BCUT2D eigenvalue weighted by Crippen LogP contribution is 2.71. The summed E-state index contributed by atoms with van der Waals surface area (Å²) in [5.74, 6) is 1.80. The average Bonchev–Trinajstić information content (AvgIpc) is 3.10. The summed E-state index contributed by atoms with van der Waals surface area (Å²) in [5, 5.41) is 11.7. The molecular formula is C26H39NO4. The van der Waals surface area contributed by atoms with Crippen molar-refractivity contribution in [3.63, 3.8) is 0 Å². The zero-order chi connectivity index (χ0) is 22.2. The standard InChI is InChI=1S/C26H39NO4/c1-7-11-24(3,28)17-15-25(8-2)19-14-16-9-10-18(29-5)22-20(16)26(25,12-13-27(19)4)23(31-22)21(17)30-6/h9-10,17,19,21,23,28H,7-8,11-15H2,1-6H3/t17-,19+,21?,23-,24+,25+,26-/m1/s1. The average molecular weight is 430 g/mol. The van der Waals surface area contributed by atoms with Crippen molar-refractivity contribution in [2.45, 2.75) is 88.6 Å². The van der Waals surface area contributed by atoms with Crippen LogP contribution in [-0.2, 0) is 16.6 Å². The third-order valence-corrected chi connectivity index (χ3v) is 9.67. The van der Waals surface area contributed by atoms with Gasteiger partial charge in [0.25, 0.3) is 0 Å². The Morgan fingerprint density at radius 2 is 2.06 bits per heavy atom. The summed E-state index contributed by atoms with van der Waals surface area (Å²) < 4.78 is 18.9. The summed E-state index contributed by atoms with van der Waals surface area (Å²) in [6.07, 6.45) is 5.64. The van der Waals surface area contributed by atoms with Gasteiger partial charge < -0.3 is 24.2 Å². The number of likely N-dealkylation sites (tertiary alicyclic amines) is 1. The number of hydrogen-bond acceptors (Lipinski definition) is 5. The molecule has 7 atom stereocenters. The van der Waals surface area contributed by atoms with Gasteiger partial charge in [0.05, 0.1) is 12.7 Å². The van der Waals surface area contributed by atoms with E-state index in [2.05, 4.69) is 37.9 Å². The minimum Gasteiger partial charge on any atom is -0.493 e. The first-order valence-electron chi connectivity index (χ1n) is 12.1. The second-order valence-corrected chi connectivity index (χ2v) is 10.7. The number of aliphatic hydroxyl groups is 1. The highest BCUT2D eigenvalue weighted by Gasteiger charge is 2.74. The van der Waals surface area contributed by atoms with E-state index in [0.717, 1.165) is 56.6 Å². The van der Waals surface area contributed by atoms with Gasteiger partial charge in [0.1, 0.15) is 12.2 Å². The highest BCUT2D eigenvalue weighted by atomic mass is 16.6. The van der Waals surface area contributed by atoms with Gasteiger partial charge in [-0.1, -0.05) is 26.3 Å². The topological polar surface area (TPSA) is 51.2 Å². The second-order valence-electron chi connectivity index (χ2n) is 10.7. The maximum absolute atomic E-state index is 11.7. The van der Waals surface area contributed by atoms with Crippen LogP contribution in [0.25, 0.3) is 0 Å². The molecule has 2 bridgehead atoms. The van der Waals surface area contributed by atoms with Crippen LogP contribution in [0.1, 0.15) is 64.0 Å². The van der Waals surface area contributed by atoms with Crippen LogP contribution in [0.3, 0.4) is 0 Å². The zero-order valence-corrected chi connectivity index (χ0v) is 20.0. The smallest absolute Gasteiger partial charge is 0.165 e. The van der Waals surface area contributed by atoms with Crippen LogP contribution in [0.5, 0.6) is 11.5 Å². The first kappa shape index (κ1) is 21.5. The summed E-state index contributed by atoms with van der Waals surface area (Å²) in [4.78, 5) is 2.58. The minimum atomic E-state index is -0.783. The van der Waals surface area contributed by atoms with E-state index in [-0.39, 0.29) is 29.0 Å². The molecule has 1 unspecified atom stereocenters. The molecule has 5 rings (SSSR count). The minimum absolute atomic E-state index is 0.0337. The van der Waals surface area contributed by atoms with E-state index >= 15 is 0 Å². The number of benzene rings is 1. The van der Waals surface area contributed by atoms with Gasteiger partial charge >= 0.3 is 0 Å². The van der Waals surface area contributed by atoms with Crippen molar-refractivity contribution in [3.8, 4) is 11.5 Å². The molecule has 2 aliphatic carbocycles. The molecule has 0 aromatic heterocycles. The highest BCUT2D eigenvalue weighted by molar-refractivity contribution is 5.62. The number of ether oxygens (including phenoxy) is 3. The predicted molar refractivity (Wildman–Crippen MR) is 121 cm³/mol. The van der Waals surface area contributed by atoms with E-state index in [0.29, 0.717) is 6.04 Å². The lowest BCUT2D eigenvalue weighted by Crippen LogP contribution is -2.75. The summed E-state index contributed by atoms with van der Waals surface area (Å²) in [5.41, 5.74) is 1.98. The maximum Gasteiger partial charge on any atom is 0.165 e. The van der Waals surface area contributed by atoms with E-state index in [1.807, 2.05) is 6.92 Å². The second kappa shape index (κ2) is 7.10. The van der Waals surface area contributed by atoms with E-state index in [1.54, 1.807) is 14.2 Å². The Hall–Kier alpha value is -1.30. The Labute approximate surface area is 187 Å². The van der Waals surface area contributed by atoms with Crippen molar-refractivity contribution in [2.75, 3.05) is 27.8 Å². The first-order valence-corrected chi connectivity index (χ1v) is 12.1. The third-order valence-electron chi connectivity index (χ3n) is 9.67. The molecule has 0 amide bonds. The van der Waals surface area contributed by atoms with Crippen LogP contribution < -0.4 is 9.47 Å². The van der Waals surface area contributed by atoms with Crippen molar-refractivity contribution in [1.82, 2.24) is 4.90 Å². The Bertz CT molecular complexity index is 869. The summed E-state index contributed by atoms with van der Waals surface area (Å²) in [6, 6.07) is 4.78. The van der Waals surface area contributed by atoms with Crippen LogP contribution >= 0.6 is 0 Å². The molecule has 1 aromatic rings. The van der Waals surface area contributed by atoms with Gasteiger partial charge in [0.15, 0.2) is 11.5 Å². The van der Waals surface area contributed by atoms with Gasteiger partial charge in [-0.2, -0.15) is 0 Å². The fourth-order valence-electron chi connectivity index (χ4n) is 8.38. The molecule has 1 spiro atoms. The molecule has 4 aliphatic rings. The molecule has 172 valence electrons. The van der Waals surface area contributed by atoms with Crippen LogP contribution in [0, 0.1) is 11.3 Å². The fraction of sp³-hybridized carbons (Fsp3) is 0.769. The summed E-state index contributed by atoms with van der Waals surface area (Å²) in [6.45, 7) is 7.59. The predicted octanol–water partition coefficient (Wildman–Crippen LogP) is 3.94. The van der Waals surface area contributed by atoms with Crippen molar-refractivity contribution in [2.24, 2.45) is 11.3 Å². The lowest BCUT2D eigenvalue weighted by Gasteiger charge is -2.68. The number of methoxy groups -OCH3 is 2. The van der Waals surface area contributed by atoms with Crippen LogP contribution in [0.4, 0.5) is 0 Å². The van der Waals surface area contributed by atoms with Gasteiger partial charge in [-0.25, -0.2) is 0 Å². The van der Waals surface area contributed by atoms with Crippen LogP contribution in [0.15, 0.2) is 12.1 Å². The zero-order valence-electron chi connectivity index (χ0n) is 20.0. The Balaban J connectivity index is 1.77. The van der Waals surface area contributed by atoms with Crippen molar-refractivity contribution >= 4 is 0 Å². The Kier molecular flexibility index (Phi) is 4.93. The largest absolute Gasteiger partial charge is 0.493 e. The third kappa shape index (κ3) is 2.49. The molecule has 1 N–H and O–H groups in total. The van der Waals surface area contributed by atoms with Gasteiger partial charge in [0, 0.05) is 30.0 Å². The molecule has 1 aromatic carbocycles. The van der Waals surface area contributed by atoms with E-state index in [9.17, 15) is 5.11 Å². The molecule has 5 nitrogen and oxygen atoms in total. The monoisotopic (exact) mass is 429 g/mol. The number of piperidine rings is 1. The maximum atomic E-state index is 11.7. The number of nitrogens with zero attached hydrogens (tertiary/aromatic N) is 1. The molecular weight excluding hydrogens is 390 g/mol. The molecule has 1 saturated carbocycles. The number of likely N-dealkylation sites (N-methyl/N-ethyl adjacent to an activating group) is 1. The Morgan fingerprint density at radius 3 is 2.71 bits per heavy atom. The molecule has 1 saturated heterocycles. The molecule has 31 heavy (non-hydrogen) atoms. The summed E-state index contributed by atoms with van der Waals surface area (Å²) >= 11 is 0.